The molecular weight excluding hydrogens is 787 g/mol. The Kier molecular flexibility index (Phi) is 8.25. The molecule has 0 radical (unpaired) electrons. The van der Waals surface area contributed by atoms with Crippen LogP contribution < -0.4 is 0 Å². The third-order valence-corrected chi connectivity index (χ3v) is 14.2. The smallest absolute Gasteiger partial charge is 0.165 e. The van der Waals surface area contributed by atoms with Crippen molar-refractivity contribution in [1.29, 1.82) is 0 Å². The molecule has 0 bridgehead atoms. The molecular formula is C58H37N3OS. The number of nitrogens with zero attached hydrogens (tertiary/aromatic N) is 3. The van der Waals surface area contributed by atoms with Crippen LogP contribution in [0.2, 0.25) is 0 Å². The van der Waals surface area contributed by atoms with Crippen LogP contribution in [-0.4, -0.2) is 15.0 Å². The van der Waals surface area contributed by atoms with Crippen LogP contribution in [-0.2, 0) is 6.42 Å². The van der Waals surface area contributed by atoms with Crippen molar-refractivity contribution in [2.75, 3.05) is 0 Å². The summed E-state index contributed by atoms with van der Waals surface area (Å²) in [6, 6.07) is 69.6. The first-order valence-electron chi connectivity index (χ1n) is 21.6. The van der Waals surface area contributed by atoms with E-state index in [9.17, 15) is 0 Å². The third kappa shape index (κ3) is 5.99. The largest absolute Gasteiger partial charge is 0.456 e. The quantitative estimate of drug-likeness (QED) is 0.173. The van der Waals surface area contributed by atoms with E-state index < -0.39 is 0 Å². The predicted molar refractivity (Wildman–Crippen MR) is 261 cm³/mol. The van der Waals surface area contributed by atoms with Crippen molar-refractivity contribution in [3.63, 3.8) is 0 Å². The Labute approximate surface area is 367 Å². The summed E-state index contributed by atoms with van der Waals surface area (Å²) in [5, 5.41) is 7.17. The number of furan rings is 1. The van der Waals surface area contributed by atoms with Gasteiger partial charge in [0, 0.05) is 53.6 Å². The van der Waals surface area contributed by atoms with Crippen molar-refractivity contribution < 1.29 is 4.42 Å². The number of aryl methyl sites for hydroxylation is 1. The lowest BCUT2D eigenvalue weighted by molar-refractivity contribution is 0.668. The zero-order valence-corrected chi connectivity index (χ0v) is 34.9. The Morgan fingerprint density at radius 1 is 0.413 bits per heavy atom. The van der Waals surface area contributed by atoms with E-state index in [4.69, 9.17) is 19.4 Å². The van der Waals surface area contributed by atoms with Crippen molar-refractivity contribution in [2.45, 2.75) is 18.8 Å². The number of aromatic nitrogens is 3. The lowest BCUT2D eigenvalue weighted by Gasteiger charge is -2.22. The highest BCUT2D eigenvalue weighted by molar-refractivity contribution is 7.26. The summed E-state index contributed by atoms with van der Waals surface area (Å²) in [6.45, 7) is 0. The van der Waals surface area contributed by atoms with Gasteiger partial charge < -0.3 is 4.42 Å². The number of rotatable bonds is 5. The molecule has 0 spiro atoms. The maximum absolute atomic E-state index is 6.65. The third-order valence-electron chi connectivity index (χ3n) is 13.0. The number of fused-ring (bicyclic) bond motifs is 10. The first kappa shape index (κ1) is 36.0. The summed E-state index contributed by atoms with van der Waals surface area (Å²) in [7, 11) is 0. The molecule has 0 fully saturated rings. The fourth-order valence-corrected chi connectivity index (χ4v) is 11.2. The second kappa shape index (κ2) is 14.4. The molecule has 0 saturated heterocycles. The van der Waals surface area contributed by atoms with Gasteiger partial charge in [-0.05, 0) is 99.0 Å². The van der Waals surface area contributed by atoms with Crippen LogP contribution in [0.25, 0.3) is 109 Å². The van der Waals surface area contributed by atoms with E-state index in [2.05, 4.69) is 182 Å². The van der Waals surface area contributed by atoms with Crippen molar-refractivity contribution in [1.82, 2.24) is 15.0 Å². The van der Waals surface area contributed by atoms with Crippen LogP contribution in [0, 0.1) is 0 Å². The second-order valence-electron chi connectivity index (χ2n) is 16.6. The van der Waals surface area contributed by atoms with Gasteiger partial charge in [0.1, 0.15) is 11.2 Å². The maximum atomic E-state index is 6.65. The van der Waals surface area contributed by atoms with Crippen molar-refractivity contribution in [2.24, 2.45) is 0 Å². The van der Waals surface area contributed by atoms with Crippen molar-refractivity contribution in [3.8, 4) is 56.4 Å². The van der Waals surface area contributed by atoms with Gasteiger partial charge in [-0.2, -0.15) is 0 Å². The van der Waals surface area contributed by atoms with Gasteiger partial charge in [0.2, 0.25) is 0 Å². The summed E-state index contributed by atoms with van der Waals surface area (Å²) < 4.78 is 9.06. The van der Waals surface area contributed by atoms with Gasteiger partial charge in [0.05, 0.1) is 0 Å². The Morgan fingerprint density at radius 3 is 1.94 bits per heavy atom. The highest BCUT2D eigenvalue weighted by Crippen LogP contribution is 2.47. The average molecular weight is 824 g/mol. The molecule has 5 heteroatoms. The Hall–Kier alpha value is -7.73. The molecule has 12 aromatic rings. The van der Waals surface area contributed by atoms with Crippen LogP contribution in [0.3, 0.4) is 0 Å². The fraction of sp³-hybridized carbons (Fsp3) is 0.0517. The number of benzene rings is 9. The molecule has 1 unspecified atom stereocenters. The topological polar surface area (TPSA) is 51.8 Å². The maximum Gasteiger partial charge on any atom is 0.165 e. The monoisotopic (exact) mass is 823 g/mol. The molecule has 13 rings (SSSR count). The van der Waals surface area contributed by atoms with Crippen LogP contribution in [0.1, 0.15) is 29.0 Å². The minimum atomic E-state index is 0.0459. The minimum absolute atomic E-state index is 0.0459. The number of thiophene rings is 1. The molecule has 0 aliphatic heterocycles. The summed E-state index contributed by atoms with van der Waals surface area (Å²) in [5.74, 6) is 1.95. The summed E-state index contributed by atoms with van der Waals surface area (Å²) in [4.78, 5) is 16.3. The number of para-hydroxylation sites is 1. The molecule has 9 aromatic carbocycles. The first-order valence-corrected chi connectivity index (χ1v) is 22.4. The van der Waals surface area contributed by atoms with Crippen molar-refractivity contribution >= 4 is 64.2 Å². The predicted octanol–water partition coefficient (Wildman–Crippen LogP) is 15.7. The van der Waals surface area contributed by atoms with Gasteiger partial charge in [-0.3, -0.25) is 0 Å². The average Bonchev–Trinajstić information content (AvgIpc) is 3.87. The van der Waals surface area contributed by atoms with Gasteiger partial charge in [-0.1, -0.05) is 158 Å². The standard InChI is InChI=1S/C58H37N3OS/c1-2-13-35(14-3-1)36-25-27-37(28-26-36)56-59-57(47-22-12-21-46-45-20-9-11-24-54(45)63-55(46)47)61-58(60-56)51-34-53-50(44-19-8-10-23-52(44)62-53)33-49(51)43-30-29-40-31-38-15-4-5-16-39(38)32-48(40)42-18-7-6-17-41(42)43/h1-28,31-34,43H,29-30H2. The Bertz CT molecular complexity index is 3750. The van der Waals surface area contributed by atoms with Gasteiger partial charge in [0.25, 0.3) is 0 Å². The SMILES string of the molecule is c1ccc(-c2ccc(-c3nc(-c4cc5oc6ccccc6c5cc4C4CCc5cc6ccccc6cc5-c5ccccc54)nc(-c4cccc5c4sc4ccccc45)n3)cc2)cc1. The van der Waals surface area contributed by atoms with E-state index in [1.54, 1.807) is 11.3 Å². The normalized spacial score (nSPS) is 13.7. The van der Waals surface area contributed by atoms with Crippen molar-refractivity contribution in [3.05, 3.63) is 211 Å². The van der Waals surface area contributed by atoms with Crippen LogP contribution in [0.4, 0.5) is 0 Å². The molecule has 1 aliphatic rings. The summed E-state index contributed by atoms with van der Waals surface area (Å²) in [6.07, 6.45) is 1.85. The van der Waals surface area contributed by atoms with E-state index in [1.165, 1.54) is 59.6 Å². The lowest BCUT2D eigenvalue weighted by Crippen LogP contribution is -2.07. The minimum Gasteiger partial charge on any atom is -0.456 e. The molecule has 1 atom stereocenters. The summed E-state index contributed by atoms with van der Waals surface area (Å²) in [5.41, 5.74) is 13.3. The zero-order chi connectivity index (χ0) is 41.4. The molecule has 0 amide bonds. The molecule has 296 valence electrons. The number of hydrogen-bond acceptors (Lipinski definition) is 5. The van der Waals surface area contributed by atoms with E-state index in [1.807, 2.05) is 12.1 Å². The highest BCUT2D eigenvalue weighted by Gasteiger charge is 2.29. The first-order chi connectivity index (χ1) is 31.2. The molecule has 63 heavy (non-hydrogen) atoms. The van der Waals surface area contributed by atoms with Gasteiger partial charge in [0.15, 0.2) is 17.5 Å². The van der Waals surface area contributed by atoms with Gasteiger partial charge in [-0.25, -0.2) is 15.0 Å². The number of hydrogen-bond donors (Lipinski definition) is 0. The summed E-state index contributed by atoms with van der Waals surface area (Å²) >= 11 is 1.79. The molecule has 3 heterocycles. The molecule has 4 nitrogen and oxygen atoms in total. The molecule has 0 N–H and O–H groups in total. The second-order valence-corrected chi connectivity index (χ2v) is 17.7. The molecule has 3 aromatic heterocycles. The van der Waals surface area contributed by atoms with E-state index in [0.29, 0.717) is 17.5 Å². The van der Waals surface area contributed by atoms with E-state index in [-0.39, 0.29) is 5.92 Å². The van der Waals surface area contributed by atoms with Gasteiger partial charge in [-0.15, -0.1) is 11.3 Å². The van der Waals surface area contributed by atoms with Crippen LogP contribution >= 0.6 is 11.3 Å². The highest BCUT2D eigenvalue weighted by atomic mass is 32.1. The Balaban J connectivity index is 1.06. The molecule has 0 saturated carbocycles. The van der Waals surface area contributed by atoms with Crippen LogP contribution in [0.5, 0.6) is 0 Å². The molecule has 1 aliphatic carbocycles. The van der Waals surface area contributed by atoms with E-state index in [0.717, 1.165) is 61.7 Å². The van der Waals surface area contributed by atoms with E-state index >= 15 is 0 Å². The lowest BCUT2D eigenvalue weighted by atomic mass is 9.82. The van der Waals surface area contributed by atoms with Gasteiger partial charge >= 0.3 is 0 Å². The fourth-order valence-electron chi connectivity index (χ4n) is 9.95. The van der Waals surface area contributed by atoms with Crippen LogP contribution in [0.15, 0.2) is 199 Å². The Morgan fingerprint density at radius 2 is 1.06 bits per heavy atom. The zero-order valence-electron chi connectivity index (χ0n) is 34.1.